The van der Waals surface area contributed by atoms with Crippen LogP contribution < -0.4 is 10.1 Å². The van der Waals surface area contributed by atoms with E-state index in [9.17, 15) is 14.9 Å². The van der Waals surface area contributed by atoms with Crippen LogP contribution in [0.15, 0.2) is 18.2 Å². The first-order valence-electron chi connectivity index (χ1n) is 7.64. The van der Waals surface area contributed by atoms with Crippen molar-refractivity contribution in [1.82, 2.24) is 5.32 Å². The van der Waals surface area contributed by atoms with Gasteiger partial charge in [-0.3, -0.25) is 14.9 Å². The normalized spacial score (nSPS) is 11.8. The molecule has 0 heterocycles. The van der Waals surface area contributed by atoms with Crippen LogP contribution in [-0.2, 0) is 0 Å². The maximum absolute atomic E-state index is 12.1. The van der Waals surface area contributed by atoms with Crippen LogP contribution in [-0.4, -0.2) is 24.5 Å². The number of nitro benzene ring substituents is 1. The minimum atomic E-state index is -0.550. The van der Waals surface area contributed by atoms with E-state index in [1.165, 1.54) is 25.3 Å². The molecule has 0 aliphatic heterocycles. The number of nitrogens with zero attached hydrogens (tertiary/aromatic N) is 1. The fraction of sp³-hybridized carbons (Fsp3) is 0.562. The summed E-state index contributed by atoms with van der Waals surface area (Å²) < 4.78 is 4.93. The lowest BCUT2D eigenvalue weighted by atomic mass is 9.99. The van der Waals surface area contributed by atoms with E-state index in [1.54, 1.807) is 0 Å². The van der Waals surface area contributed by atoms with Gasteiger partial charge in [-0.05, 0) is 24.5 Å². The number of hydrogen-bond donors (Lipinski definition) is 1. The number of methoxy groups -OCH3 is 1. The van der Waals surface area contributed by atoms with Gasteiger partial charge < -0.3 is 10.1 Å². The SMILES string of the molecule is CCCC[C@H](CC)CNC(=O)c1ccc(OC)c([N+](=O)[O-])c1. The molecular weight excluding hydrogens is 284 g/mol. The molecular formula is C16H24N2O4. The van der Waals surface area contributed by atoms with Crippen LogP contribution in [0.1, 0.15) is 49.9 Å². The third-order valence-corrected chi connectivity index (χ3v) is 3.73. The zero-order valence-corrected chi connectivity index (χ0v) is 13.4. The van der Waals surface area contributed by atoms with Gasteiger partial charge in [0.05, 0.1) is 12.0 Å². The third kappa shape index (κ3) is 5.02. The third-order valence-electron chi connectivity index (χ3n) is 3.73. The summed E-state index contributed by atoms with van der Waals surface area (Å²) >= 11 is 0. The lowest BCUT2D eigenvalue weighted by Crippen LogP contribution is -2.29. The molecule has 0 fully saturated rings. The van der Waals surface area contributed by atoms with Crippen LogP contribution >= 0.6 is 0 Å². The van der Waals surface area contributed by atoms with Gasteiger partial charge in [0.25, 0.3) is 5.91 Å². The standard InChI is InChI=1S/C16H24N2O4/c1-4-6-7-12(5-2)11-17-16(19)13-8-9-15(22-3)14(10-13)18(20)21/h8-10,12H,4-7,11H2,1-3H3,(H,17,19)/t12-/m0/s1. The summed E-state index contributed by atoms with van der Waals surface area (Å²) in [4.78, 5) is 22.6. The van der Waals surface area contributed by atoms with E-state index < -0.39 is 4.92 Å². The second-order valence-corrected chi connectivity index (χ2v) is 5.27. The first-order chi connectivity index (χ1) is 10.5. The van der Waals surface area contributed by atoms with Crippen molar-refractivity contribution in [2.24, 2.45) is 5.92 Å². The molecule has 0 bridgehead atoms. The molecule has 122 valence electrons. The zero-order valence-electron chi connectivity index (χ0n) is 13.4. The summed E-state index contributed by atoms with van der Waals surface area (Å²) in [5, 5.41) is 13.8. The maximum Gasteiger partial charge on any atom is 0.311 e. The summed E-state index contributed by atoms with van der Waals surface area (Å²) in [5.41, 5.74) is 0.0750. The number of carbonyl (C=O) groups excluding carboxylic acids is 1. The van der Waals surface area contributed by atoms with Gasteiger partial charge in [-0.25, -0.2) is 0 Å². The van der Waals surface area contributed by atoms with E-state index >= 15 is 0 Å². The highest BCUT2D eigenvalue weighted by atomic mass is 16.6. The number of unbranched alkanes of at least 4 members (excludes halogenated alkanes) is 1. The number of rotatable bonds is 9. The first-order valence-corrected chi connectivity index (χ1v) is 7.64. The van der Waals surface area contributed by atoms with Gasteiger partial charge in [0, 0.05) is 18.2 Å². The Kier molecular flexibility index (Phi) is 7.36. The number of hydrogen-bond acceptors (Lipinski definition) is 4. The Labute approximate surface area is 131 Å². The first kappa shape index (κ1) is 17.9. The fourth-order valence-electron chi connectivity index (χ4n) is 2.26. The fourth-order valence-corrected chi connectivity index (χ4v) is 2.26. The molecule has 0 saturated carbocycles. The van der Waals surface area contributed by atoms with E-state index in [0.717, 1.165) is 25.7 Å². The Morgan fingerprint density at radius 2 is 2.14 bits per heavy atom. The number of benzene rings is 1. The van der Waals surface area contributed by atoms with Crippen LogP contribution in [0, 0.1) is 16.0 Å². The topological polar surface area (TPSA) is 81.5 Å². The molecule has 6 heteroatoms. The van der Waals surface area contributed by atoms with Crippen molar-refractivity contribution in [1.29, 1.82) is 0 Å². The van der Waals surface area contributed by atoms with E-state index in [-0.39, 0.29) is 22.9 Å². The molecule has 6 nitrogen and oxygen atoms in total. The summed E-state index contributed by atoms with van der Waals surface area (Å²) in [5.74, 6) is 0.300. The number of amides is 1. The smallest absolute Gasteiger partial charge is 0.311 e. The predicted molar refractivity (Wildman–Crippen MR) is 85.3 cm³/mol. The van der Waals surface area contributed by atoms with Gasteiger partial charge in [0.15, 0.2) is 5.75 Å². The average Bonchev–Trinajstić information content (AvgIpc) is 2.54. The maximum atomic E-state index is 12.1. The molecule has 0 aliphatic carbocycles. The monoisotopic (exact) mass is 308 g/mol. The molecule has 1 N–H and O–H groups in total. The number of carbonyl (C=O) groups is 1. The highest BCUT2D eigenvalue weighted by molar-refractivity contribution is 5.95. The highest BCUT2D eigenvalue weighted by Gasteiger charge is 2.18. The molecule has 1 aromatic rings. The second kappa shape index (κ2) is 9.02. The summed E-state index contributed by atoms with van der Waals surface area (Å²) in [6, 6.07) is 4.23. The van der Waals surface area contributed by atoms with Crippen molar-refractivity contribution < 1.29 is 14.5 Å². The molecule has 0 radical (unpaired) electrons. The van der Waals surface area contributed by atoms with Gasteiger partial charge in [0.1, 0.15) is 0 Å². The van der Waals surface area contributed by atoms with Crippen molar-refractivity contribution in [3.05, 3.63) is 33.9 Å². The molecule has 1 amide bonds. The molecule has 1 rings (SSSR count). The minimum Gasteiger partial charge on any atom is -0.490 e. The Hall–Kier alpha value is -2.11. The van der Waals surface area contributed by atoms with Crippen LogP contribution in [0.3, 0.4) is 0 Å². The van der Waals surface area contributed by atoms with Crippen molar-refractivity contribution in [2.45, 2.75) is 39.5 Å². The van der Waals surface area contributed by atoms with E-state index in [1.807, 2.05) is 0 Å². The number of nitrogens with one attached hydrogen (secondary N) is 1. The van der Waals surface area contributed by atoms with E-state index in [2.05, 4.69) is 19.2 Å². The molecule has 0 aliphatic rings. The molecule has 1 atom stereocenters. The van der Waals surface area contributed by atoms with Gasteiger partial charge in [-0.2, -0.15) is 0 Å². The number of ether oxygens (including phenoxy) is 1. The molecule has 1 aromatic carbocycles. The lowest BCUT2D eigenvalue weighted by Gasteiger charge is -2.15. The second-order valence-electron chi connectivity index (χ2n) is 5.27. The highest BCUT2D eigenvalue weighted by Crippen LogP contribution is 2.27. The van der Waals surface area contributed by atoms with Crippen LogP contribution in [0.5, 0.6) is 5.75 Å². The van der Waals surface area contributed by atoms with Crippen LogP contribution in [0.4, 0.5) is 5.69 Å². The van der Waals surface area contributed by atoms with Gasteiger partial charge in [-0.15, -0.1) is 0 Å². The minimum absolute atomic E-state index is 0.149. The molecule has 22 heavy (non-hydrogen) atoms. The summed E-state index contributed by atoms with van der Waals surface area (Å²) in [6.45, 7) is 4.83. The molecule has 0 aromatic heterocycles. The van der Waals surface area contributed by atoms with Gasteiger partial charge in [0.2, 0.25) is 0 Å². The van der Waals surface area contributed by atoms with E-state index in [0.29, 0.717) is 12.5 Å². The Morgan fingerprint density at radius 3 is 2.68 bits per heavy atom. The molecule has 0 saturated heterocycles. The average molecular weight is 308 g/mol. The Bertz CT molecular complexity index is 517. The Morgan fingerprint density at radius 1 is 1.41 bits per heavy atom. The van der Waals surface area contributed by atoms with Gasteiger partial charge >= 0.3 is 5.69 Å². The van der Waals surface area contributed by atoms with Crippen molar-refractivity contribution in [2.75, 3.05) is 13.7 Å². The van der Waals surface area contributed by atoms with Crippen molar-refractivity contribution >= 4 is 11.6 Å². The lowest BCUT2D eigenvalue weighted by molar-refractivity contribution is -0.385. The van der Waals surface area contributed by atoms with Crippen molar-refractivity contribution in [3.8, 4) is 5.75 Å². The van der Waals surface area contributed by atoms with Crippen LogP contribution in [0.2, 0.25) is 0 Å². The largest absolute Gasteiger partial charge is 0.490 e. The van der Waals surface area contributed by atoms with Gasteiger partial charge in [-0.1, -0.05) is 33.1 Å². The zero-order chi connectivity index (χ0) is 16.5. The van der Waals surface area contributed by atoms with Crippen molar-refractivity contribution in [3.63, 3.8) is 0 Å². The Balaban J connectivity index is 2.73. The van der Waals surface area contributed by atoms with E-state index in [4.69, 9.17) is 4.74 Å². The predicted octanol–water partition coefficient (Wildman–Crippen LogP) is 3.55. The summed E-state index contributed by atoms with van der Waals surface area (Å²) in [6.07, 6.45) is 4.36. The number of nitro groups is 1. The quantitative estimate of drug-likeness (QED) is 0.558. The molecule has 0 unspecified atom stereocenters. The summed E-state index contributed by atoms with van der Waals surface area (Å²) in [7, 11) is 1.36. The molecule has 0 spiro atoms. The van der Waals surface area contributed by atoms with Crippen LogP contribution in [0.25, 0.3) is 0 Å².